The molecule has 0 amide bonds. The molecule has 0 radical (unpaired) electrons. The lowest BCUT2D eigenvalue weighted by Gasteiger charge is -2.39. The van der Waals surface area contributed by atoms with Gasteiger partial charge in [-0.15, -0.1) is 0 Å². The molecule has 0 spiro atoms. The van der Waals surface area contributed by atoms with Gasteiger partial charge in [-0.05, 0) is 18.1 Å². The van der Waals surface area contributed by atoms with Crippen LogP contribution >= 0.6 is 11.6 Å². The van der Waals surface area contributed by atoms with E-state index in [1.807, 2.05) is 30.3 Å². The van der Waals surface area contributed by atoms with Gasteiger partial charge in [-0.2, -0.15) is 0 Å². The van der Waals surface area contributed by atoms with Gasteiger partial charge in [0.2, 0.25) is 0 Å². The van der Waals surface area contributed by atoms with Gasteiger partial charge < -0.3 is 39.0 Å². The Balaban J connectivity index is 1.74. The number of methoxy groups -OCH3 is 2. The van der Waals surface area contributed by atoms with Crippen LogP contribution in [0, 0.1) is 6.92 Å². The smallest absolute Gasteiger partial charge is 0.342 e. The number of carbonyl (C=O) groups excluding carboxylic acids is 1. The first kappa shape index (κ1) is 25.2. The van der Waals surface area contributed by atoms with Crippen molar-refractivity contribution in [1.29, 1.82) is 0 Å². The van der Waals surface area contributed by atoms with Crippen LogP contribution in [0.25, 0.3) is 0 Å². The third-order valence-electron chi connectivity index (χ3n) is 5.37. The number of aliphatic hydroxyl groups is 3. The first-order valence-corrected chi connectivity index (χ1v) is 10.6. The molecule has 0 saturated carbocycles. The molecule has 5 atom stereocenters. The molecular weight excluding hydrogens is 456 g/mol. The number of benzene rings is 2. The molecule has 0 unspecified atom stereocenters. The predicted molar refractivity (Wildman–Crippen MR) is 117 cm³/mol. The van der Waals surface area contributed by atoms with Gasteiger partial charge in [0.15, 0.2) is 6.29 Å². The van der Waals surface area contributed by atoms with E-state index in [4.69, 9.17) is 35.3 Å². The Morgan fingerprint density at radius 3 is 2.39 bits per heavy atom. The summed E-state index contributed by atoms with van der Waals surface area (Å²) in [5.41, 5.74) is 1.42. The fourth-order valence-corrected chi connectivity index (χ4v) is 3.67. The normalized spacial score (nSPS) is 24.9. The van der Waals surface area contributed by atoms with Gasteiger partial charge in [0.25, 0.3) is 0 Å². The summed E-state index contributed by atoms with van der Waals surface area (Å²) in [6.07, 6.45) is -6.76. The molecule has 0 aromatic heterocycles. The van der Waals surface area contributed by atoms with Crippen LogP contribution < -0.4 is 9.47 Å². The fraction of sp³-hybridized carbons (Fsp3) is 0.435. The Hall–Kier alpha value is -2.40. The van der Waals surface area contributed by atoms with Gasteiger partial charge in [0.1, 0.15) is 54.7 Å². The highest BCUT2D eigenvalue weighted by Gasteiger charge is 2.44. The van der Waals surface area contributed by atoms with Crippen LogP contribution in [-0.4, -0.2) is 72.8 Å². The van der Waals surface area contributed by atoms with E-state index in [1.54, 1.807) is 6.92 Å². The van der Waals surface area contributed by atoms with Crippen LogP contribution in [0.4, 0.5) is 0 Å². The van der Waals surface area contributed by atoms with E-state index in [1.165, 1.54) is 20.3 Å². The topological polar surface area (TPSA) is 124 Å². The lowest BCUT2D eigenvalue weighted by atomic mass is 9.99. The van der Waals surface area contributed by atoms with Gasteiger partial charge in [0.05, 0.1) is 12.1 Å². The summed E-state index contributed by atoms with van der Waals surface area (Å²) in [5.74, 6) is -0.232. The maximum Gasteiger partial charge on any atom is 0.342 e. The van der Waals surface area contributed by atoms with Crippen molar-refractivity contribution < 1.29 is 43.8 Å². The average molecular weight is 483 g/mol. The largest absolute Gasteiger partial charge is 0.496 e. The molecule has 1 aliphatic rings. The van der Waals surface area contributed by atoms with Crippen molar-refractivity contribution in [2.45, 2.75) is 44.2 Å². The number of halogens is 1. The second kappa shape index (κ2) is 11.1. The van der Waals surface area contributed by atoms with Crippen molar-refractivity contribution in [3.05, 3.63) is 58.1 Å². The quantitative estimate of drug-likeness (QED) is 0.483. The van der Waals surface area contributed by atoms with E-state index < -0.39 is 43.3 Å². The van der Waals surface area contributed by atoms with Crippen LogP contribution in [0.1, 0.15) is 21.5 Å². The Kier molecular flexibility index (Phi) is 8.52. The Labute approximate surface area is 196 Å². The zero-order valence-electron chi connectivity index (χ0n) is 18.4. The number of carbonyl (C=O) groups is 1. The minimum absolute atomic E-state index is 0.0868. The van der Waals surface area contributed by atoms with Crippen LogP contribution in [0.5, 0.6) is 11.5 Å². The first-order valence-electron chi connectivity index (χ1n) is 10.2. The third-order valence-corrected chi connectivity index (χ3v) is 5.84. The molecule has 10 heteroatoms. The number of ether oxygens (including phenoxy) is 5. The first-order chi connectivity index (χ1) is 15.8. The van der Waals surface area contributed by atoms with E-state index >= 15 is 0 Å². The number of aliphatic hydroxyl groups excluding tert-OH is 3. The van der Waals surface area contributed by atoms with E-state index in [2.05, 4.69) is 0 Å². The number of hydrogen-bond acceptors (Lipinski definition) is 9. The molecule has 1 aliphatic heterocycles. The van der Waals surface area contributed by atoms with Crippen molar-refractivity contribution in [1.82, 2.24) is 0 Å². The zero-order chi connectivity index (χ0) is 24.1. The Bertz CT molecular complexity index is 951. The van der Waals surface area contributed by atoms with Crippen LogP contribution in [-0.2, 0) is 20.8 Å². The molecule has 9 nitrogen and oxygen atoms in total. The molecule has 3 N–H and O–H groups in total. The van der Waals surface area contributed by atoms with E-state index in [9.17, 15) is 20.1 Å². The lowest BCUT2D eigenvalue weighted by Crippen LogP contribution is -2.59. The monoisotopic (exact) mass is 482 g/mol. The summed E-state index contributed by atoms with van der Waals surface area (Å²) in [4.78, 5) is 12.9. The van der Waals surface area contributed by atoms with Crippen LogP contribution in [0.2, 0.25) is 5.02 Å². The SMILES string of the molecule is COc1cc(OCc2ccccc2)c(Cl)c(C)c1C(=O)OC[C@H]1O[C@@H](OC)[C@H](O)[C@@H](O)[C@@H]1O. The van der Waals surface area contributed by atoms with Crippen molar-refractivity contribution in [3.8, 4) is 11.5 Å². The fourth-order valence-electron chi connectivity index (χ4n) is 3.47. The highest BCUT2D eigenvalue weighted by molar-refractivity contribution is 6.33. The molecule has 180 valence electrons. The third kappa shape index (κ3) is 5.57. The second-order valence-corrected chi connectivity index (χ2v) is 7.89. The number of rotatable bonds is 8. The van der Waals surface area contributed by atoms with Crippen LogP contribution in [0.15, 0.2) is 36.4 Å². The van der Waals surface area contributed by atoms with Gasteiger partial charge in [-0.3, -0.25) is 0 Å². The highest BCUT2D eigenvalue weighted by Crippen LogP contribution is 2.38. The minimum Gasteiger partial charge on any atom is -0.496 e. The maximum absolute atomic E-state index is 12.9. The number of esters is 1. The summed E-state index contributed by atoms with van der Waals surface area (Å²) >= 11 is 6.45. The Morgan fingerprint density at radius 1 is 1.06 bits per heavy atom. The molecular formula is C23H27ClO9. The summed E-state index contributed by atoms with van der Waals surface area (Å²) in [5, 5.41) is 30.2. The second-order valence-electron chi connectivity index (χ2n) is 7.51. The summed E-state index contributed by atoms with van der Waals surface area (Å²) in [6.45, 7) is 1.50. The molecule has 3 rings (SSSR count). The van der Waals surface area contributed by atoms with E-state index in [-0.39, 0.29) is 22.9 Å². The molecule has 1 saturated heterocycles. The summed E-state index contributed by atoms with van der Waals surface area (Å²) < 4.78 is 26.8. The van der Waals surface area contributed by atoms with E-state index in [0.717, 1.165) is 5.56 Å². The number of hydrogen-bond donors (Lipinski definition) is 3. The van der Waals surface area contributed by atoms with Gasteiger partial charge >= 0.3 is 5.97 Å². The van der Waals surface area contributed by atoms with Crippen LogP contribution in [0.3, 0.4) is 0 Å². The van der Waals surface area contributed by atoms with Gasteiger partial charge in [0, 0.05) is 13.2 Å². The summed E-state index contributed by atoms with van der Waals surface area (Å²) in [7, 11) is 2.67. The van der Waals surface area contributed by atoms with Crippen molar-refractivity contribution in [3.63, 3.8) is 0 Å². The average Bonchev–Trinajstić information content (AvgIpc) is 2.83. The van der Waals surface area contributed by atoms with Crippen molar-refractivity contribution in [2.24, 2.45) is 0 Å². The van der Waals surface area contributed by atoms with Gasteiger partial charge in [-0.1, -0.05) is 41.9 Å². The molecule has 0 bridgehead atoms. The molecule has 33 heavy (non-hydrogen) atoms. The molecule has 0 aliphatic carbocycles. The zero-order valence-corrected chi connectivity index (χ0v) is 19.2. The minimum atomic E-state index is -1.53. The van der Waals surface area contributed by atoms with Crippen molar-refractivity contribution in [2.75, 3.05) is 20.8 Å². The maximum atomic E-state index is 12.9. The van der Waals surface area contributed by atoms with Crippen molar-refractivity contribution >= 4 is 17.6 Å². The standard InChI is InChI=1S/C23H27ClO9/c1-12-17(22(28)32-11-16-19(25)20(26)21(27)23(30-3)33-16)14(29-2)9-15(18(12)24)31-10-13-7-5-4-6-8-13/h4-9,16,19-21,23,25-27H,10-11H2,1-3H3/t16-,19-,20+,21-,23-/m1/s1. The highest BCUT2D eigenvalue weighted by atomic mass is 35.5. The Morgan fingerprint density at radius 2 is 1.76 bits per heavy atom. The molecule has 1 fully saturated rings. The molecule has 1 heterocycles. The van der Waals surface area contributed by atoms with E-state index in [0.29, 0.717) is 11.3 Å². The predicted octanol–water partition coefficient (Wildman–Crippen LogP) is 1.85. The molecule has 2 aromatic carbocycles. The summed E-state index contributed by atoms with van der Waals surface area (Å²) in [6, 6.07) is 11.0. The van der Waals surface area contributed by atoms with Gasteiger partial charge in [-0.25, -0.2) is 4.79 Å². The lowest BCUT2D eigenvalue weighted by molar-refractivity contribution is -0.294. The molecule has 2 aromatic rings.